The molecule has 1 aromatic carbocycles. The van der Waals surface area contributed by atoms with Gasteiger partial charge in [0.25, 0.3) is 5.56 Å². The lowest BCUT2D eigenvalue weighted by Gasteiger charge is -2.38. The SMILES string of the molecule is CC1COC(c2cccc(C(F)(F)F)c2)CN1C(=O)Cn1ncc2c(=O)[nH]cnc21. The third kappa shape index (κ3) is 3.80. The molecule has 30 heavy (non-hydrogen) atoms. The number of fused-ring (bicyclic) bond motifs is 1. The van der Waals surface area contributed by atoms with Crippen LogP contribution in [0.25, 0.3) is 11.0 Å². The van der Waals surface area contributed by atoms with E-state index in [1.807, 2.05) is 0 Å². The van der Waals surface area contributed by atoms with Crippen molar-refractivity contribution in [3.8, 4) is 0 Å². The number of halogens is 3. The molecule has 1 aliphatic heterocycles. The minimum Gasteiger partial charge on any atom is -0.370 e. The molecule has 3 aromatic rings. The molecular formula is C19H18F3N5O3. The van der Waals surface area contributed by atoms with Gasteiger partial charge in [-0.25, -0.2) is 9.67 Å². The molecule has 4 rings (SSSR count). The van der Waals surface area contributed by atoms with Crippen LogP contribution in [0.1, 0.15) is 24.2 Å². The molecular weight excluding hydrogens is 403 g/mol. The normalized spacial score (nSPS) is 19.9. The Morgan fingerprint density at radius 2 is 2.17 bits per heavy atom. The van der Waals surface area contributed by atoms with E-state index in [1.165, 1.54) is 23.3 Å². The van der Waals surface area contributed by atoms with Crippen LogP contribution < -0.4 is 5.56 Å². The summed E-state index contributed by atoms with van der Waals surface area (Å²) < 4.78 is 46.1. The second-order valence-corrected chi connectivity index (χ2v) is 7.11. The first-order valence-corrected chi connectivity index (χ1v) is 9.21. The quantitative estimate of drug-likeness (QED) is 0.700. The number of amides is 1. The van der Waals surface area contributed by atoms with Gasteiger partial charge in [-0.1, -0.05) is 12.1 Å². The molecule has 0 bridgehead atoms. The monoisotopic (exact) mass is 421 g/mol. The maximum atomic E-state index is 13.0. The summed E-state index contributed by atoms with van der Waals surface area (Å²) in [4.78, 5) is 32.8. The van der Waals surface area contributed by atoms with Crippen LogP contribution in [0, 0.1) is 0 Å². The molecule has 0 spiro atoms. The number of nitrogens with zero attached hydrogens (tertiary/aromatic N) is 4. The molecule has 1 aliphatic rings. The number of morpholine rings is 1. The molecule has 1 N–H and O–H groups in total. The molecule has 0 saturated carbocycles. The average molecular weight is 421 g/mol. The fourth-order valence-electron chi connectivity index (χ4n) is 3.46. The van der Waals surface area contributed by atoms with Crippen LogP contribution in [0.5, 0.6) is 0 Å². The highest BCUT2D eigenvalue weighted by molar-refractivity contribution is 5.79. The number of ether oxygens (including phenoxy) is 1. The minimum atomic E-state index is -4.46. The summed E-state index contributed by atoms with van der Waals surface area (Å²) in [6.45, 7) is 1.93. The van der Waals surface area contributed by atoms with Crippen LogP contribution in [-0.4, -0.2) is 49.7 Å². The van der Waals surface area contributed by atoms with Gasteiger partial charge in [0.15, 0.2) is 5.65 Å². The van der Waals surface area contributed by atoms with Gasteiger partial charge in [0.2, 0.25) is 5.91 Å². The third-order valence-electron chi connectivity index (χ3n) is 5.06. The molecule has 1 saturated heterocycles. The van der Waals surface area contributed by atoms with Gasteiger partial charge in [-0.15, -0.1) is 0 Å². The lowest BCUT2D eigenvalue weighted by atomic mass is 10.0. The summed E-state index contributed by atoms with van der Waals surface area (Å²) in [5, 5.41) is 4.33. The third-order valence-corrected chi connectivity index (χ3v) is 5.06. The highest BCUT2D eigenvalue weighted by Crippen LogP contribution is 2.32. The predicted molar refractivity (Wildman–Crippen MR) is 99.5 cm³/mol. The zero-order valence-electron chi connectivity index (χ0n) is 15.9. The van der Waals surface area contributed by atoms with Gasteiger partial charge in [0.05, 0.1) is 37.3 Å². The van der Waals surface area contributed by atoms with Crippen molar-refractivity contribution in [1.29, 1.82) is 0 Å². The van der Waals surface area contributed by atoms with Crippen LogP contribution in [-0.2, 0) is 22.3 Å². The van der Waals surface area contributed by atoms with Crippen molar-refractivity contribution in [3.63, 3.8) is 0 Å². The highest BCUT2D eigenvalue weighted by atomic mass is 19.4. The maximum absolute atomic E-state index is 13.0. The summed E-state index contributed by atoms with van der Waals surface area (Å²) in [6.07, 6.45) is -2.57. The molecule has 158 valence electrons. The number of nitrogens with one attached hydrogen (secondary N) is 1. The topological polar surface area (TPSA) is 93.1 Å². The van der Waals surface area contributed by atoms with Gasteiger partial charge in [-0.2, -0.15) is 18.3 Å². The number of rotatable bonds is 3. The van der Waals surface area contributed by atoms with Crippen molar-refractivity contribution in [3.05, 3.63) is 58.3 Å². The van der Waals surface area contributed by atoms with Gasteiger partial charge >= 0.3 is 6.18 Å². The Balaban J connectivity index is 1.54. The van der Waals surface area contributed by atoms with E-state index in [0.717, 1.165) is 12.1 Å². The van der Waals surface area contributed by atoms with Crippen LogP contribution >= 0.6 is 0 Å². The molecule has 0 aliphatic carbocycles. The number of carbonyl (C=O) groups excluding carboxylic acids is 1. The molecule has 1 fully saturated rings. The van der Waals surface area contributed by atoms with Crippen LogP contribution in [0.2, 0.25) is 0 Å². The van der Waals surface area contributed by atoms with E-state index < -0.39 is 17.8 Å². The van der Waals surface area contributed by atoms with Gasteiger partial charge in [0.1, 0.15) is 18.0 Å². The Morgan fingerprint density at radius 3 is 2.93 bits per heavy atom. The summed E-state index contributed by atoms with van der Waals surface area (Å²) in [5.74, 6) is -0.296. The van der Waals surface area contributed by atoms with Gasteiger partial charge in [-0.05, 0) is 24.6 Å². The van der Waals surface area contributed by atoms with Gasteiger partial charge in [0, 0.05) is 0 Å². The summed E-state index contributed by atoms with van der Waals surface area (Å²) in [6, 6.07) is 4.65. The average Bonchev–Trinajstić information content (AvgIpc) is 3.12. The number of H-pyrrole nitrogens is 1. The smallest absolute Gasteiger partial charge is 0.370 e. The predicted octanol–water partition coefficient (Wildman–Crippen LogP) is 2.13. The standard InChI is InChI=1S/C19H18F3N5O3/c1-11-9-30-15(12-3-2-4-13(5-12)19(20,21)22)7-26(11)16(28)8-27-17-14(6-25-27)18(29)24-10-23-17/h2-6,10-11,15H,7-9H2,1H3,(H,23,24,29). The second kappa shape index (κ2) is 7.56. The van der Waals surface area contributed by atoms with E-state index in [4.69, 9.17) is 4.74 Å². The number of hydrogen-bond donors (Lipinski definition) is 1. The molecule has 2 atom stereocenters. The number of benzene rings is 1. The van der Waals surface area contributed by atoms with Crippen molar-refractivity contribution in [1.82, 2.24) is 24.6 Å². The zero-order valence-corrected chi connectivity index (χ0v) is 15.9. The van der Waals surface area contributed by atoms with Crippen molar-refractivity contribution in [2.24, 2.45) is 0 Å². The number of aromatic nitrogens is 4. The summed E-state index contributed by atoms with van der Waals surface area (Å²) in [5.41, 5.74) is -0.489. The van der Waals surface area contributed by atoms with Crippen molar-refractivity contribution in [2.45, 2.75) is 31.8 Å². The molecule has 3 heterocycles. The largest absolute Gasteiger partial charge is 0.416 e. The first kappa shape index (κ1) is 20.1. The van der Waals surface area contributed by atoms with Crippen molar-refractivity contribution >= 4 is 16.9 Å². The van der Waals surface area contributed by atoms with Crippen molar-refractivity contribution < 1.29 is 22.7 Å². The highest BCUT2D eigenvalue weighted by Gasteiger charge is 2.34. The Bertz CT molecular complexity index is 1140. The van der Waals surface area contributed by atoms with E-state index in [2.05, 4.69) is 15.1 Å². The number of hydrogen-bond acceptors (Lipinski definition) is 5. The Hall–Kier alpha value is -3.21. The maximum Gasteiger partial charge on any atom is 0.416 e. The first-order chi connectivity index (χ1) is 14.2. The lowest BCUT2D eigenvalue weighted by Crippen LogP contribution is -2.49. The Kier molecular flexibility index (Phi) is 5.06. The van der Waals surface area contributed by atoms with E-state index >= 15 is 0 Å². The zero-order chi connectivity index (χ0) is 21.5. The van der Waals surface area contributed by atoms with E-state index in [-0.39, 0.29) is 48.2 Å². The Labute approximate surface area is 168 Å². The fraction of sp³-hybridized carbons (Fsp3) is 0.368. The van der Waals surface area contributed by atoms with Crippen LogP contribution in [0.4, 0.5) is 13.2 Å². The fourth-order valence-corrected chi connectivity index (χ4v) is 3.46. The number of carbonyl (C=O) groups is 1. The summed E-state index contributed by atoms with van der Waals surface area (Å²) >= 11 is 0. The number of alkyl halides is 3. The molecule has 0 radical (unpaired) electrons. The van der Waals surface area contributed by atoms with E-state index in [1.54, 1.807) is 17.9 Å². The van der Waals surface area contributed by atoms with Gasteiger partial charge in [-0.3, -0.25) is 9.59 Å². The molecule has 8 nitrogen and oxygen atoms in total. The lowest BCUT2D eigenvalue weighted by molar-refractivity contribution is -0.145. The summed E-state index contributed by atoms with van der Waals surface area (Å²) in [7, 11) is 0. The first-order valence-electron chi connectivity index (χ1n) is 9.21. The molecule has 11 heteroatoms. The molecule has 2 unspecified atom stereocenters. The number of aromatic amines is 1. The van der Waals surface area contributed by atoms with Crippen LogP contribution in [0.15, 0.2) is 41.6 Å². The second-order valence-electron chi connectivity index (χ2n) is 7.11. The van der Waals surface area contributed by atoms with Gasteiger partial charge < -0.3 is 14.6 Å². The van der Waals surface area contributed by atoms with E-state index in [0.29, 0.717) is 5.56 Å². The van der Waals surface area contributed by atoms with Crippen LogP contribution in [0.3, 0.4) is 0 Å². The molecule has 2 aromatic heterocycles. The van der Waals surface area contributed by atoms with Crippen molar-refractivity contribution in [2.75, 3.05) is 13.2 Å². The van der Waals surface area contributed by atoms with E-state index in [9.17, 15) is 22.8 Å². The minimum absolute atomic E-state index is 0.106. The molecule has 1 amide bonds. The Morgan fingerprint density at radius 1 is 1.37 bits per heavy atom.